The third-order valence-corrected chi connectivity index (χ3v) is 5.36. The lowest BCUT2D eigenvalue weighted by Crippen LogP contribution is -2.37. The second-order valence-corrected chi connectivity index (χ2v) is 8.77. The Morgan fingerprint density at radius 1 is 1.43 bits per heavy atom. The van der Waals surface area contributed by atoms with Crippen LogP contribution in [0.25, 0.3) is 0 Å². The zero-order valence-corrected chi connectivity index (χ0v) is 14.3. The van der Waals surface area contributed by atoms with Crippen LogP contribution < -0.4 is 15.8 Å². The van der Waals surface area contributed by atoms with Gasteiger partial charge >= 0.3 is 6.09 Å². The van der Waals surface area contributed by atoms with Crippen LogP contribution in [0.1, 0.15) is 20.8 Å². The summed E-state index contributed by atoms with van der Waals surface area (Å²) in [4.78, 5) is 11.4. The van der Waals surface area contributed by atoms with Gasteiger partial charge in [0.25, 0.3) is 0 Å². The average molecular weight is 356 g/mol. The fraction of sp³-hybridized carbons (Fsp3) is 0.545. The van der Waals surface area contributed by atoms with Gasteiger partial charge < -0.3 is 15.8 Å². The molecule has 0 aliphatic rings. The topological polar surface area (TPSA) is 111 Å². The minimum atomic E-state index is -3.68. The summed E-state index contributed by atoms with van der Waals surface area (Å²) in [5.74, 6) is 0. The van der Waals surface area contributed by atoms with E-state index in [1.54, 1.807) is 20.8 Å². The maximum Gasteiger partial charge on any atom is 0.407 e. The Morgan fingerprint density at radius 2 is 2.05 bits per heavy atom. The highest BCUT2D eigenvalue weighted by Gasteiger charge is 2.19. The van der Waals surface area contributed by atoms with E-state index in [4.69, 9.17) is 22.1 Å². The minimum Gasteiger partial charge on any atom is -0.444 e. The van der Waals surface area contributed by atoms with Gasteiger partial charge in [0, 0.05) is 13.1 Å². The molecule has 4 N–H and O–H groups in total. The molecule has 120 valence electrons. The van der Waals surface area contributed by atoms with Crippen LogP contribution >= 0.6 is 22.9 Å². The average Bonchev–Trinajstić information content (AvgIpc) is 2.64. The molecule has 1 aromatic rings. The van der Waals surface area contributed by atoms with Gasteiger partial charge in [-0.15, -0.1) is 11.3 Å². The first-order chi connectivity index (χ1) is 9.51. The van der Waals surface area contributed by atoms with Gasteiger partial charge in [0.05, 0.1) is 5.69 Å². The van der Waals surface area contributed by atoms with Gasteiger partial charge in [-0.25, -0.2) is 17.9 Å². The summed E-state index contributed by atoms with van der Waals surface area (Å²) >= 11 is 6.60. The van der Waals surface area contributed by atoms with E-state index in [9.17, 15) is 13.2 Å². The number of thiophene rings is 1. The van der Waals surface area contributed by atoms with Crippen LogP contribution in [-0.2, 0) is 14.8 Å². The van der Waals surface area contributed by atoms with Crippen molar-refractivity contribution in [3.8, 4) is 0 Å². The summed E-state index contributed by atoms with van der Waals surface area (Å²) in [7, 11) is -3.68. The second kappa shape index (κ2) is 6.82. The fourth-order valence-electron chi connectivity index (χ4n) is 1.23. The molecular formula is C11H18ClN3O4S2. The lowest BCUT2D eigenvalue weighted by molar-refractivity contribution is 0.0529. The number of nitrogens with one attached hydrogen (secondary N) is 2. The van der Waals surface area contributed by atoms with Crippen LogP contribution in [0.4, 0.5) is 10.5 Å². The Hall–Kier alpha value is -1.03. The summed E-state index contributed by atoms with van der Waals surface area (Å²) in [6, 6.07) is 1.29. The molecule has 21 heavy (non-hydrogen) atoms. The van der Waals surface area contributed by atoms with Crippen molar-refractivity contribution in [3.05, 3.63) is 10.4 Å². The van der Waals surface area contributed by atoms with Gasteiger partial charge in [0.15, 0.2) is 0 Å². The summed E-state index contributed by atoms with van der Waals surface area (Å²) in [6.07, 6.45) is -0.606. The summed E-state index contributed by atoms with van der Waals surface area (Å²) in [5.41, 5.74) is 5.12. The van der Waals surface area contributed by atoms with Crippen LogP contribution in [0.2, 0.25) is 4.34 Å². The van der Waals surface area contributed by atoms with Gasteiger partial charge in [0.2, 0.25) is 10.0 Å². The van der Waals surface area contributed by atoms with Crippen LogP contribution in [0.3, 0.4) is 0 Å². The number of carbonyl (C=O) groups is 1. The maximum atomic E-state index is 11.9. The van der Waals surface area contributed by atoms with Crippen molar-refractivity contribution in [1.82, 2.24) is 10.0 Å². The van der Waals surface area contributed by atoms with Gasteiger partial charge in [-0.1, -0.05) is 11.6 Å². The molecule has 1 amide bonds. The largest absolute Gasteiger partial charge is 0.444 e. The van der Waals surface area contributed by atoms with E-state index < -0.39 is 21.7 Å². The second-order valence-electron chi connectivity index (χ2n) is 5.12. The van der Waals surface area contributed by atoms with Crippen molar-refractivity contribution < 1.29 is 17.9 Å². The molecule has 0 saturated heterocycles. The molecule has 0 radical (unpaired) electrons. The number of halogens is 1. The molecule has 0 atom stereocenters. The molecule has 0 aromatic carbocycles. The number of hydrogen-bond acceptors (Lipinski definition) is 6. The van der Waals surface area contributed by atoms with Crippen molar-refractivity contribution in [2.24, 2.45) is 0 Å². The molecule has 0 saturated carbocycles. The van der Waals surface area contributed by atoms with Crippen molar-refractivity contribution in [2.45, 2.75) is 30.6 Å². The molecule has 10 heteroatoms. The fourth-order valence-corrected chi connectivity index (χ4v) is 3.87. The number of alkyl carbamates (subject to hydrolysis) is 1. The van der Waals surface area contributed by atoms with Crippen molar-refractivity contribution in [2.75, 3.05) is 18.8 Å². The summed E-state index contributed by atoms with van der Waals surface area (Å²) in [5, 5.41) is 2.44. The molecule has 0 fully saturated rings. The molecule has 0 spiro atoms. The van der Waals surface area contributed by atoms with E-state index in [0.717, 1.165) is 11.3 Å². The highest BCUT2D eigenvalue weighted by molar-refractivity contribution is 7.91. The molecule has 0 aliphatic carbocycles. The Bertz CT molecular complexity index is 588. The lowest BCUT2D eigenvalue weighted by atomic mass is 10.2. The lowest BCUT2D eigenvalue weighted by Gasteiger charge is -2.19. The number of carbonyl (C=O) groups excluding carboxylic acids is 1. The Kier molecular flexibility index (Phi) is 5.85. The summed E-state index contributed by atoms with van der Waals surface area (Å²) < 4.78 is 31.4. The summed E-state index contributed by atoms with van der Waals surface area (Å²) in [6.45, 7) is 5.33. The van der Waals surface area contributed by atoms with Crippen LogP contribution in [0, 0.1) is 0 Å². The van der Waals surface area contributed by atoms with E-state index >= 15 is 0 Å². The van der Waals surface area contributed by atoms with E-state index in [-0.39, 0.29) is 27.3 Å². The predicted molar refractivity (Wildman–Crippen MR) is 83.2 cm³/mol. The van der Waals surface area contributed by atoms with Crippen molar-refractivity contribution >= 4 is 44.7 Å². The highest BCUT2D eigenvalue weighted by Crippen LogP contribution is 2.32. The van der Waals surface area contributed by atoms with Crippen molar-refractivity contribution in [3.63, 3.8) is 0 Å². The maximum absolute atomic E-state index is 11.9. The van der Waals surface area contributed by atoms with E-state index in [1.807, 2.05) is 0 Å². The predicted octanol–water partition coefficient (Wildman–Crippen LogP) is 1.79. The zero-order chi connectivity index (χ0) is 16.3. The Balaban J connectivity index is 2.43. The standard InChI is InChI=1S/C11H18ClN3O4S2/c1-11(2,3)19-10(16)14-4-5-15-21(17,18)8-6-7(13)9(12)20-8/h6,15H,4-5,13H2,1-3H3,(H,14,16). The number of hydrogen-bond donors (Lipinski definition) is 3. The smallest absolute Gasteiger partial charge is 0.407 e. The number of rotatable bonds is 5. The van der Waals surface area contributed by atoms with E-state index in [2.05, 4.69) is 10.0 Å². The molecule has 1 heterocycles. The van der Waals surface area contributed by atoms with Gasteiger partial charge in [-0.3, -0.25) is 0 Å². The normalized spacial score (nSPS) is 12.2. The molecule has 7 nitrogen and oxygen atoms in total. The molecular weight excluding hydrogens is 338 g/mol. The van der Waals surface area contributed by atoms with Crippen LogP contribution in [-0.4, -0.2) is 33.2 Å². The molecule has 1 rings (SSSR count). The zero-order valence-electron chi connectivity index (χ0n) is 11.9. The first kappa shape index (κ1) is 18.0. The number of anilines is 1. The molecule has 0 unspecified atom stereocenters. The third-order valence-electron chi connectivity index (χ3n) is 2.04. The monoisotopic (exact) mass is 355 g/mol. The van der Waals surface area contributed by atoms with E-state index in [1.165, 1.54) is 6.07 Å². The van der Waals surface area contributed by atoms with Crippen molar-refractivity contribution in [1.29, 1.82) is 0 Å². The molecule has 0 aliphatic heterocycles. The quantitative estimate of drug-likeness (QED) is 0.697. The first-order valence-electron chi connectivity index (χ1n) is 6.02. The highest BCUT2D eigenvalue weighted by atomic mass is 35.5. The number of amides is 1. The Morgan fingerprint density at radius 3 is 2.52 bits per heavy atom. The van der Waals surface area contributed by atoms with Gasteiger partial charge in [0.1, 0.15) is 14.1 Å². The SMILES string of the molecule is CC(C)(C)OC(=O)NCCNS(=O)(=O)c1cc(N)c(Cl)s1. The van der Waals surface area contributed by atoms with Crippen LogP contribution in [0.15, 0.2) is 10.3 Å². The third kappa shape index (κ3) is 6.08. The first-order valence-corrected chi connectivity index (χ1v) is 8.70. The molecule has 1 aromatic heterocycles. The minimum absolute atomic E-state index is 0.0248. The van der Waals surface area contributed by atoms with Gasteiger partial charge in [-0.05, 0) is 26.8 Å². The molecule has 0 bridgehead atoms. The number of sulfonamides is 1. The number of nitrogens with two attached hydrogens (primary N) is 1. The number of nitrogen functional groups attached to an aromatic ring is 1. The van der Waals surface area contributed by atoms with E-state index in [0.29, 0.717) is 0 Å². The van der Waals surface area contributed by atoms with Crippen LogP contribution in [0.5, 0.6) is 0 Å². The number of ether oxygens (including phenoxy) is 1. The van der Waals surface area contributed by atoms with Gasteiger partial charge in [-0.2, -0.15) is 0 Å². The Labute approximate surface area is 132 Å².